The van der Waals surface area contributed by atoms with Gasteiger partial charge >= 0.3 is 5.97 Å². The van der Waals surface area contributed by atoms with Gasteiger partial charge in [0.05, 0.1) is 11.5 Å². The van der Waals surface area contributed by atoms with E-state index < -0.39 is 20.6 Å². The van der Waals surface area contributed by atoms with Crippen molar-refractivity contribution in [3.63, 3.8) is 0 Å². The van der Waals surface area contributed by atoms with E-state index in [1.54, 1.807) is 0 Å². The van der Waals surface area contributed by atoms with Gasteiger partial charge in [-0.2, -0.15) is 0 Å². The normalized spacial score (nSPS) is 25.9. The number of rotatable bonds is 7. The van der Waals surface area contributed by atoms with Crippen LogP contribution in [0, 0.1) is 11.3 Å². The minimum Gasteiger partial charge on any atom is -0.477 e. The maximum Gasteiger partial charge on any atom is 0.353 e. The number of hydrogen-bond donors (Lipinski definition) is 2. The Morgan fingerprint density at radius 3 is 2.36 bits per heavy atom. The number of carbonyl (C=O) groups excluding carboxylic acids is 1. The lowest BCUT2D eigenvalue weighted by atomic mass is 9.66. The van der Waals surface area contributed by atoms with E-state index in [1.165, 1.54) is 16.7 Å². The van der Waals surface area contributed by atoms with E-state index in [0.29, 0.717) is 17.7 Å². The van der Waals surface area contributed by atoms with Crippen LogP contribution in [-0.4, -0.2) is 53.6 Å². The van der Waals surface area contributed by atoms with Crippen LogP contribution in [0.4, 0.5) is 0 Å². The quantitative estimate of drug-likeness (QED) is 0.515. The van der Waals surface area contributed by atoms with Gasteiger partial charge in [-0.25, -0.2) is 4.79 Å². The number of β-lactam (4-membered cyclic amide) rings is 1. The summed E-state index contributed by atoms with van der Waals surface area (Å²) in [5.41, 5.74) is -0.814. The third-order valence-electron chi connectivity index (χ3n) is 5.14. The lowest BCUT2D eigenvalue weighted by Crippen LogP contribution is -2.69. The van der Waals surface area contributed by atoms with E-state index in [1.807, 2.05) is 6.92 Å². The number of carboxylic acid groups (broad SMARTS) is 1. The van der Waals surface area contributed by atoms with Gasteiger partial charge in [0, 0.05) is 11.5 Å². The Bertz CT molecular complexity index is 600. The molecule has 142 valence electrons. The third-order valence-corrected chi connectivity index (χ3v) is 7.51. The number of aliphatic carboxylic acids is 1. The molecule has 2 aliphatic heterocycles. The van der Waals surface area contributed by atoms with Gasteiger partial charge in [-0.15, -0.1) is 11.8 Å². The van der Waals surface area contributed by atoms with Crippen molar-refractivity contribution in [2.24, 2.45) is 11.3 Å². The molecule has 3 atom stereocenters. The molecule has 0 unspecified atom stereocenters. The van der Waals surface area contributed by atoms with Gasteiger partial charge in [0.15, 0.2) is 9.04 Å². The third kappa shape index (κ3) is 3.41. The van der Waals surface area contributed by atoms with Crippen LogP contribution < -0.4 is 0 Å². The lowest BCUT2D eigenvalue weighted by Gasteiger charge is -2.56. The molecule has 0 aromatic heterocycles. The van der Waals surface area contributed by atoms with Crippen LogP contribution in [0.1, 0.15) is 40.5 Å². The van der Waals surface area contributed by atoms with Gasteiger partial charge in [-0.05, 0) is 38.3 Å². The van der Waals surface area contributed by atoms with Crippen LogP contribution in [-0.2, 0) is 14.0 Å². The van der Waals surface area contributed by atoms with Crippen molar-refractivity contribution >= 4 is 32.7 Å². The summed E-state index contributed by atoms with van der Waals surface area (Å²) in [5.74, 6) is -1.61. The van der Waals surface area contributed by atoms with Crippen LogP contribution in [0.3, 0.4) is 0 Å². The Balaban J connectivity index is 2.35. The van der Waals surface area contributed by atoms with Crippen molar-refractivity contribution in [1.82, 2.24) is 4.90 Å². The number of nitrogens with zero attached hydrogens (tertiary/aromatic N) is 1. The van der Waals surface area contributed by atoms with Gasteiger partial charge < -0.3 is 14.6 Å². The molecule has 2 aliphatic rings. The zero-order valence-electron chi connectivity index (χ0n) is 15.8. The first kappa shape index (κ1) is 20.5. The largest absolute Gasteiger partial charge is 0.477 e. The Morgan fingerprint density at radius 1 is 1.32 bits per heavy atom. The summed E-state index contributed by atoms with van der Waals surface area (Å²) >= 11 is 1.45. The summed E-state index contributed by atoms with van der Waals surface area (Å²) in [4.78, 5) is 26.7. The summed E-state index contributed by atoms with van der Waals surface area (Å²) in [6.07, 6.45) is 0.965. The van der Waals surface area contributed by atoms with Crippen molar-refractivity contribution in [1.29, 1.82) is 0 Å². The molecule has 25 heavy (non-hydrogen) atoms. The number of fused-ring (bicyclic) bond motifs is 1. The van der Waals surface area contributed by atoms with Gasteiger partial charge in [-0.1, -0.05) is 20.8 Å². The van der Waals surface area contributed by atoms with E-state index in [2.05, 4.69) is 33.9 Å². The zero-order chi connectivity index (χ0) is 19.2. The molecule has 0 bridgehead atoms. The Labute approximate surface area is 155 Å². The molecule has 1 amide bonds. The van der Waals surface area contributed by atoms with Crippen molar-refractivity contribution < 1.29 is 24.2 Å². The summed E-state index contributed by atoms with van der Waals surface area (Å²) in [6.45, 7) is 12.4. The number of allylic oxidation sites excluding steroid dienone is 1. The number of aliphatic hydroxyl groups excluding tert-OH is 1. The van der Waals surface area contributed by atoms with E-state index >= 15 is 0 Å². The molecule has 0 aromatic rings. The van der Waals surface area contributed by atoms with Gasteiger partial charge in [0.2, 0.25) is 5.91 Å². The molecule has 2 rings (SSSR count). The number of thioether (sulfide) groups is 1. The van der Waals surface area contributed by atoms with Crippen LogP contribution >= 0.6 is 11.8 Å². The van der Waals surface area contributed by atoms with Crippen LogP contribution in [0.2, 0.25) is 13.1 Å². The van der Waals surface area contributed by atoms with Gasteiger partial charge in [-0.3, -0.25) is 9.69 Å². The number of hydrogen-bond acceptors (Lipinski definition) is 5. The molecule has 8 heteroatoms. The average molecular weight is 388 g/mol. The highest BCUT2D eigenvalue weighted by Crippen LogP contribution is 2.57. The van der Waals surface area contributed by atoms with Crippen LogP contribution in [0.25, 0.3) is 0 Å². The SMILES string of the molecule is C[SiH](C)O[C@](C)([C@H]1C(=O)N2C(C(=O)O)=C(CCCO)S[C@H]12)C(C)(C)C. The first-order valence-corrected chi connectivity index (χ1v) is 12.4. The second-order valence-corrected chi connectivity index (χ2v) is 11.7. The minimum absolute atomic E-state index is 0.000762. The highest BCUT2D eigenvalue weighted by Gasteiger charge is 2.65. The monoisotopic (exact) mass is 387 g/mol. The van der Waals surface area contributed by atoms with E-state index in [-0.39, 0.29) is 34.9 Å². The molecular formula is C17H29NO5SSi. The Morgan fingerprint density at radius 2 is 1.92 bits per heavy atom. The average Bonchev–Trinajstić information content (AvgIpc) is 2.77. The van der Waals surface area contributed by atoms with Gasteiger partial charge in [0.25, 0.3) is 0 Å². The molecule has 2 N–H and O–H groups in total. The molecule has 6 nitrogen and oxygen atoms in total. The summed E-state index contributed by atoms with van der Waals surface area (Å²) in [5, 5.41) is 18.4. The fourth-order valence-electron chi connectivity index (χ4n) is 3.51. The molecule has 0 radical (unpaired) electrons. The summed E-state index contributed by atoms with van der Waals surface area (Å²) in [6, 6.07) is 0. The Hall–Kier alpha value is -0.833. The number of carboxylic acids is 1. The predicted molar refractivity (Wildman–Crippen MR) is 101 cm³/mol. The maximum absolute atomic E-state index is 13.0. The fraction of sp³-hybridized carbons (Fsp3) is 0.765. The molecule has 0 saturated carbocycles. The zero-order valence-corrected chi connectivity index (χ0v) is 17.8. The molecular weight excluding hydrogens is 358 g/mol. The van der Waals surface area contributed by atoms with E-state index in [0.717, 1.165) is 0 Å². The molecule has 0 spiro atoms. The summed E-state index contributed by atoms with van der Waals surface area (Å²) < 4.78 is 6.37. The smallest absolute Gasteiger partial charge is 0.353 e. The van der Waals surface area contributed by atoms with Crippen molar-refractivity contribution in [3.8, 4) is 0 Å². The van der Waals surface area contributed by atoms with Crippen LogP contribution in [0.15, 0.2) is 10.6 Å². The predicted octanol–water partition coefficient (Wildman–Crippen LogP) is 2.39. The molecule has 2 heterocycles. The molecule has 0 aromatic carbocycles. The second-order valence-electron chi connectivity index (χ2n) is 8.12. The van der Waals surface area contributed by atoms with Crippen molar-refractivity contribution in [2.75, 3.05) is 6.61 Å². The first-order chi connectivity index (χ1) is 11.5. The highest BCUT2D eigenvalue weighted by molar-refractivity contribution is 8.04. The van der Waals surface area contributed by atoms with Gasteiger partial charge in [0.1, 0.15) is 11.1 Å². The van der Waals surface area contributed by atoms with E-state index in [9.17, 15) is 14.7 Å². The fourth-order valence-corrected chi connectivity index (χ4v) is 6.67. The highest BCUT2D eigenvalue weighted by atomic mass is 32.2. The molecule has 1 fully saturated rings. The number of aliphatic hydroxyl groups is 1. The molecule has 0 aliphatic carbocycles. The second kappa shape index (κ2) is 7.06. The van der Waals surface area contributed by atoms with Crippen molar-refractivity contribution in [3.05, 3.63) is 10.6 Å². The Kier molecular flexibility index (Phi) is 5.78. The van der Waals surface area contributed by atoms with Crippen molar-refractivity contribution in [2.45, 2.75) is 64.6 Å². The lowest BCUT2D eigenvalue weighted by molar-refractivity contribution is -0.173. The number of amides is 1. The minimum atomic E-state index is -1.41. The maximum atomic E-state index is 13.0. The molecule has 1 saturated heterocycles. The summed E-state index contributed by atoms with van der Waals surface area (Å²) in [7, 11) is -1.41. The number of carbonyl (C=O) groups is 2. The van der Waals surface area contributed by atoms with Crippen LogP contribution in [0.5, 0.6) is 0 Å². The first-order valence-electron chi connectivity index (χ1n) is 8.70. The van der Waals surface area contributed by atoms with E-state index in [4.69, 9.17) is 9.53 Å². The topological polar surface area (TPSA) is 87.1 Å². The standard InChI is InChI=1S/C17H29NO5SSi/c1-16(2,3)17(4,23-25(5)6)11-13(20)18-12(15(21)22)10(8-7-9-19)24-14(11)18/h11,14,19,25H,7-9H2,1-6H3,(H,21,22)/t11-,14+,17+/m0/s1.